The van der Waals surface area contributed by atoms with E-state index < -0.39 is 16.6 Å². The fourth-order valence-electron chi connectivity index (χ4n) is 1.37. The largest absolute Gasteiger partial charge is 0.465 e. The summed E-state index contributed by atoms with van der Waals surface area (Å²) >= 11 is 0. The molecule has 0 unspecified atom stereocenters. The number of allylic oxidation sites excluding steroid dienone is 1. The van der Waals surface area contributed by atoms with E-state index in [0.29, 0.717) is 0 Å². The summed E-state index contributed by atoms with van der Waals surface area (Å²) in [5.41, 5.74) is -0.904. The van der Waals surface area contributed by atoms with Gasteiger partial charge in [0.25, 0.3) is 5.69 Å². The number of carbonyl (C=O) groups is 1. The van der Waals surface area contributed by atoms with Crippen molar-refractivity contribution in [3.05, 3.63) is 45.6 Å². The molecule has 0 aliphatic rings. The van der Waals surface area contributed by atoms with Crippen LogP contribution in [0.15, 0.2) is 30.0 Å². The van der Waals surface area contributed by atoms with Crippen molar-refractivity contribution in [3.63, 3.8) is 0 Å². The Hall–Kier alpha value is -3.39. The van der Waals surface area contributed by atoms with E-state index in [1.807, 2.05) is 0 Å². The molecule has 0 heterocycles. The Morgan fingerprint density at radius 3 is 2.60 bits per heavy atom. The van der Waals surface area contributed by atoms with Crippen molar-refractivity contribution < 1.29 is 14.5 Å². The Bertz CT molecular complexity index is 651. The van der Waals surface area contributed by atoms with E-state index >= 15 is 0 Å². The molecule has 0 bridgehead atoms. The number of hydrogen-bond acceptors (Lipinski definition) is 7. The zero-order valence-electron chi connectivity index (χ0n) is 10.3. The first-order valence-electron chi connectivity index (χ1n) is 5.17. The second-order valence-corrected chi connectivity index (χ2v) is 3.37. The molecule has 1 aromatic rings. The predicted molar refractivity (Wildman–Crippen MR) is 67.4 cm³/mol. The number of hydrogen-bond donors (Lipinski definition) is 1. The molecule has 0 atom stereocenters. The van der Waals surface area contributed by atoms with Crippen LogP contribution < -0.4 is 5.32 Å². The van der Waals surface area contributed by atoms with Gasteiger partial charge >= 0.3 is 5.97 Å². The zero-order chi connectivity index (χ0) is 15.1. The van der Waals surface area contributed by atoms with Crippen molar-refractivity contribution in [2.75, 3.05) is 12.4 Å². The lowest BCUT2D eigenvalue weighted by Crippen LogP contribution is -2.09. The van der Waals surface area contributed by atoms with Crippen molar-refractivity contribution in [2.45, 2.75) is 0 Å². The fourth-order valence-corrected chi connectivity index (χ4v) is 1.37. The average molecular weight is 272 g/mol. The quantitative estimate of drug-likeness (QED) is 0.382. The van der Waals surface area contributed by atoms with Gasteiger partial charge in [-0.15, -0.1) is 0 Å². The van der Waals surface area contributed by atoms with E-state index in [9.17, 15) is 14.9 Å². The molecule has 20 heavy (non-hydrogen) atoms. The minimum atomic E-state index is -0.899. The van der Waals surface area contributed by atoms with Crippen LogP contribution in [0.4, 0.5) is 11.4 Å². The van der Waals surface area contributed by atoms with E-state index in [-0.39, 0.29) is 16.8 Å². The van der Waals surface area contributed by atoms with Crippen LogP contribution in [-0.2, 0) is 4.74 Å². The number of nitrogens with zero attached hydrogens (tertiary/aromatic N) is 3. The number of carbonyl (C=O) groups excluding carboxylic acids is 1. The molecule has 0 amide bonds. The van der Waals surface area contributed by atoms with E-state index in [2.05, 4.69) is 10.1 Å². The molecule has 0 fully saturated rings. The minimum absolute atomic E-state index is 0.0639. The number of nitro groups is 1. The first-order valence-corrected chi connectivity index (χ1v) is 5.17. The highest BCUT2D eigenvalue weighted by Gasteiger charge is 2.24. The molecule has 1 aromatic carbocycles. The van der Waals surface area contributed by atoms with Gasteiger partial charge in [0, 0.05) is 12.3 Å². The minimum Gasteiger partial charge on any atom is -0.465 e. The third-order valence-corrected chi connectivity index (χ3v) is 2.24. The number of nitrogens with one attached hydrogen (secondary N) is 1. The Balaban J connectivity index is 3.34. The van der Waals surface area contributed by atoms with Crippen LogP contribution in [0.1, 0.15) is 10.4 Å². The van der Waals surface area contributed by atoms with Gasteiger partial charge < -0.3 is 10.1 Å². The highest BCUT2D eigenvalue weighted by Crippen LogP contribution is 2.27. The third-order valence-electron chi connectivity index (χ3n) is 2.24. The summed E-state index contributed by atoms with van der Waals surface area (Å²) in [7, 11) is 1.09. The molecular formula is C12H8N4O4. The molecule has 0 aromatic heterocycles. The topological polar surface area (TPSA) is 129 Å². The van der Waals surface area contributed by atoms with Crippen molar-refractivity contribution in [3.8, 4) is 12.1 Å². The normalized spacial score (nSPS) is 8.75. The first-order chi connectivity index (χ1) is 9.54. The van der Waals surface area contributed by atoms with Gasteiger partial charge in [0.2, 0.25) is 0 Å². The average Bonchev–Trinajstić information content (AvgIpc) is 2.47. The summed E-state index contributed by atoms with van der Waals surface area (Å²) in [5, 5.41) is 30.6. The maximum Gasteiger partial charge on any atom is 0.347 e. The number of rotatable bonds is 4. The lowest BCUT2D eigenvalue weighted by Gasteiger charge is -2.07. The maximum atomic E-state index is 11.6. The van der Waals surface area contributed by atoms with Crippen molar-refractivity contribution >= 4 is 17.3 Å². The van der Waals surface area contributed by atoms with Gasteiger partial charge in [-0.1, -0.05) is 6.07 Å². The lowest BCUT2D eigenvalue weighted by atomic mass is 10.1. The Morgan fingerprint density at radius 2 is 2.10 bits per heavy atom. The molecule has 0 spiro atoms. The smallest absolute Gasteiger partial charge is 0.347 e. The van der Waals surface area contributed by atoms with Gasteiger partial charge in [0.05, 0.1) is 17.7 Å². The van der Waals surface area contributed by atoms with Crippen LogP contribution in [0.2, 0.25) is 0 Å². The number of ether oxygens (including phenoxy) is 1. The molecule has 8 heteroatoms. The molecule has 0 saturated heterocycles. The SMILES string of the molecule is COC(=O)c1c(NC=C(C#N)C#N)cccc1[N+](=O)[O-]. The summed E-state index contributed by atoms with van der Waals surface area (Å²) in [5.74, 6) is -0.899. The predicted octanol–water partition coefficient (Wildman–Crippen LogP) is 1.72. The van der Waals surface area contributed by atoms with Crippen LogP contribution in [0, 0.1) is 32.8 Å². The van der Waals surface area contributed by atoms with Crippen LogP contribution in [0.5, 0.6) is 0 Å². The Kier molecular flexibility index (Phi) is 4.78. The zero-order valence-corrected chi connectivity index (χ0v) is 10.3. The van der Waals surface area contributed by atoms with E-state index in [1.54, 1.807) is 12.1 Å². The summed E-state index contributed by atoms with van der Waals surface area (Å²) in [6.07, 6.45) is 1.05. The number of nitro benzene ring substituents is 1. The number of benzene rings is 1. The lowest BCUT2D eigenvalue weighted by molar-refractivity contribution is -0.385. The molecular weight excluding hydrogens is 264 g/mol. The molecule has 0 aliphatic carbocycles. The molecule has 0 saturated carbocycles. The fraction of sp³-hybridized carbons (Fsp3) is 0.0833. The molecule has 1 rings (SSSR count). The summed E-state index contributed by atoms with van der Waals surface area (Å²) in [6.45, 7) is 0. The van der Waals surface area contributed by atoms with Crippen LogP contribution in [0.25, 0.3) is 0 Å². The maximum absolute atomic E-state index is 11.6. The highest BCUT2D eigenvalue weighted by atomic mass is 16.6. The Labute approximate surface area is 113 Å². The second-order valence-electron chi connectivity index (χ2n) is 3.37. The third kappa shape index (κ3) is 3.09. The monoisotopic (exact) mass is 272 g/mol. The van der Waals surface area contributed by atoms with Gasteiger partial charge in [-0.3, -0.25) is 10.1 Å². The summed E-state index contributed by atoms with van der Waals surface area (Å²) < 4.78 is 4.49. The standard InChI is InChI=1S/C12H8N4O4/c1-20-12(17)11-9(15-7-8(5-13)6-14)3-2-4-10(11)16(18)19/h2-4,7,15H,1H3. The van der Waals surface area contributed by atoms with Crippen LogP contribution in [-0.4, -0.2) is 18.0 Å². The van der Waals surface area contributed by atoms with Gasteiger partial charge in [0.1, 0.15) is 17.7 Å². The highest BCUT2D eigenvalue weighted by molar-refractivity contribution is 6.00. The summed E-state index contributed by atoms with van der Waals surface area (Å²) in [6, 6.07) is 7.12. The first kappa shape index (κ1) is 14.7. The second kappa shape index (κ2) is 6.52. The molecule has 100 valence electrons. The van der Waals surface area contributed by atoms with Crippen molar-refractivity contribution in [1.82, 2.24) is 0 Å². The van der Waals surface area contributed by atoms with E-state index in [1.165, 1.54) is 12.1 Å². The van der Waals surface area contributed by atoms with Gasteiger partial charge in [0.15, 0.2) is 5.56 Å². The van der Waals surface area contributed by atoms with Gasteiger partial charge in [-0.2, -0.15) is 10.5 Å². The van der Waals surface area contributed by atoms with Crippen LogP contribution in [0.3, 0.4) is 0 Å². The van der Waals surface area contributed by atoms with E-state index in [4.69, 9.17) is 10.5 Å². The van der Waals surface area contributed by atoms with E-state index in [0.717, 1.165) is 19.4 Å². The van der Waals surface area contributed by atoms with Crippen LogP contribution >= 0.6 is 0 Å². The Morgan fingerprint density at radius 1 is 1.45 bits per heavy atom. The number of anilines is 1. The number of methoxy groups -OCH3 is 1. The number of nitriles is 2. The van der Waals surface area contributed by atoms with Gasteiger partial charge in [-0.05, 0) is 6.07 Å². The molecule has 8 nitrogen and oxygen atoms in total. The molecule has 0 radical (unpaired) electrons. The molecule has 0 aliphatic heterocycles. The molecule has 1 N–H and O–H groups in total. The number of esters is 1. The summed E-state index contributed by atoms with van der Waals surface area (Å²) in [4.78, 5) is 21.8. The van der Waals surface area contributed by atoms with Crippen molar-refractivity contribution in [1.29, 1.82) is 10.5 Å². The van der Waals surface area contributed by atoms with Crippen molar-refractivity contribution in [2.24, 2.45) is 0 Å². The van der Waals surface area contributed by atoms with Gasteiger partial charge in [-0.25, -0.2) is 4.79 Å².